The van der Waals surface area contributed by atoms with E-state index in [0.717, 1.165) is 12.1 Å². The zero-order chi connectivity index (χ0) is 15.4. The van der Waals surface area contributed by atoms with Crippen molar-refractivity contribution < 1.29 is 18.0 Å². The largest absolute Gasteiger partial charge is 0.416 e. The van der Waals surface area contributed by atoms with E-state index < -0.39 is 17.3 Å². The Morgan fingerprint density at radius 3 is 2.20 bits per heavy atom. The van der Waals surface area contributed by atoms with Crippen molar-refractivity contribution in [3.63, 3.8) is 0 Å². The molecule has 6 heteroatoms. The number of hydrogen-bond donors (Lipinski definition) is 2. The van der Waals surface area contributed by atoms with E-state index in [0.29, 0.717) is 18.5 Å². The summed E-state index contributed by atoms with van der Waals surface area (Å²) in [6.45, 7) is 4.05. The van der Waals surface area contributed by atoms with Gasteiger partial charge in [0.1, 0.15) is 0 Å². The van der Waals surface area contributed by atoms with Crippen LogP contribution in [0.2, 0.25) is 0 Å². The van der Waals surface area contributed by atoms with E-state index in [2.05, 4.69) is 5.32 Å². The van der Waals surface area contributed by atoms with Crippen molar-refractivity contribution in [3.8, 4) is 0 Å². The van der Waals surface area contributed by atoms with Crippen LogP contribution < -0.4 is 11.1 Å². The Morgan fingerprint density at radius 2 is 1.80 bits per heavy atom. The van der Waals surface area contributed by atoms with E-state index in [1.165, 1.54) is 12.1 Å². The van der Waals surface area contributed by atoms with Crippen LogP contribution in [-0.2, 0) is 17.4 Å². The van der Waals surface area contributed by atoms with Gasteiger partial charge in [0, 0.05) is 12.1 Å². The Hall–Kier alpha value is -1.56. The summed E-state index contributed by atoms with van der Waals surface area (Å²) < 4.78 is 37.2. The zero-order valence-corrected chi connectivity index (χ0v) is 11.6. The van der Waals surface area contributed by atoms with Gasteiger partial charge in [-0.15, -0.1) is 0 Å². The maximum absolute atomic E-state index is 12.4. The van der Waals surface area contributed by atoms with Gasteiger partial charge in [-0.25, -0.2) is 0 Å². The molecular formula is C14H19F3N2O. The Labute approximate surface area is 116 Å². The summed E-state index contributed by atoms with van der Waals surface area (Å²) in [5, 5.41) is 2.80. The van der Waals surface area contributed by atoms with E-state index in [9.17, 15) is 18.0 Å². The van der Waals surface area contributed by atoms with Gasteiger partial charge in [-0.3, -0.25) is 4.79 Å². The molecular weight excluding hydrogens is 269 g/mol. The van der Waals surface area contributed by atoms with Gasteiger partial charge in [0.15, 0.2) is 0 Å². The summed E-state index contributed by atoms with van der Waals surface area (Å²) in [6.07, 6.45) is -3.64. The molecule has 1 amide bonds. The van der Waals surface area contributed by atoms with Crippen LogP contribution in [0.5, 0.6) is 0 Å². The fraction of sp³-hybridized carbons (Fsp3) is 0.500. The smallest absolute Gasteiger partial charge is 0.349 e. The minimum absolute atomic E-state index is 0.0354. The molecule has 0 radical (unpaired) electrons. The molecule has 0 spiro atoms. The van der Waals surface area contributed by atoms with Crippen molar-refractivity contribution >= 4 is 5.91 Å². The van der Waals surface area contributed by atoms with Crippen LogP contribution in [0.15, 0.2) is 24.3 Å². The second-order valence-electron chi connectivity index (χ2n) is 5.04. The lowest BCUT2D eigenvalue weighted by atomic mass is 9.98. The van der Waals surface area contributed by atoms with Crippen LogP contribution in [0.25, 0.3) is 0 Å². The molecule has 0 heterocycles. The number of rotatable bonds is 5. The first-order chi connectivity index (χ1) is 9.20. The van der Waals surface area contributed by atoms with Gasteiger partial charge in [0.25, 0.3) is 0 Å². The van der Waals surface area contributed by atoms with Crippen LogP contribution in [0, 0.1) is 0 Å². The van der Waals surface area contributed by atoms with Gasteiger partial charge in [0.2, 0.25) is 5.91 Å². The Balaban J connectivity index is 2.68. The quantitative estimate of drug-likeness (QED) is 0.874. The molecule has 1 rings (SSSR count). The maximum atomic E-state index is 12.4. The van der Waals surface area contributed by atoms with Crippen molar-refractivity contribution in [2.75, 3.05) is 6.54 Å². The third kappa shape index (κ3) is 4.52. The highest BCUT2D eigenvalue weighted by atomic mass is 19.4. The minimum Gasteiger partial charge on any atom is -0.349 e. The van der Waals surface area contributed by atoms with Crippen molar-refractivity contribution in [1.29, 1.82) is 0 Å². The second kappa shape index (κ2) is 6.26. The number of nitrogens with two attached hydrogens (primary N) is 1. The lowest BCUT2D eigenvalue weighted by Crippen LogP contribution is -2.51. The fourth-order valence-corrected chi connectivity index (χ4v) is 1.66. The average molecular weight is 288 g/mol. The van der Waals surface area contributed by atoms with E-state index in [1.54, 1.807) is 0 Å². The SMILES string of the molecule is CCC(C)(CN)NC(=O)Cc1ccc(C(F)(F)F)cc1. The third-order valence-electron chi connectivity index (χ3n) is 3.32. The molecule has 0 saturated carbocycles. The number of halogens is 3. The van der Waals surface area contributed by atoms with Gasteiger partial charge < -0.3 is 11.1 Å². The molecule has 112 valence electrons. The highest BCUT2D eigenvalue weighted by Crippen LogP contribution is 2.29. The molecule has 1 aromatic rings. The third-order valence-corrected chi connectivity index (χ3v) is 3.32. The minimum atomic E-state index is -4.36. The molecule has 3 nitrogen and oxygen atoms in total. The number of nitrogens with one attached hydrogen (secondary N) is 1. The Morgan fingerprint density at radius 1 is 1.25 bits per heavy atom. The first kappa shape index (κ1) is 16.5. The van der Waals surface area contributed by atoms with E-state index in [1.807, 2.05) is 13.8 Å². The van der Waals surface area contributed by atoms with E-state index in [4.69, 9.17) is 5.73 Å². The highest BCUT2D eigenvalue weighted by Gasteiger charge is 2.30. The van der Waals surface area contributed by atoms with Gasteiger partial charge >= 0.3 is 6.18 Å². The first-order valence-electron chi connectivity index (χ1n) is 6.37. The highest BCUT2D eigenvalue weighted by molar-refractivity contribution is 5.79. The predicted molar refractivity (Wildman–Crippen MR) is 71.0 cm³/mol. The Bertz CT molecular complexity index is 450. The standard InChI is InChI=1S/C14H19F3N2O/c1-3-13(2,9-18)19-12(20)8-10-4-6-11(7-5-10)14(15,16)17/h4-7H,3,8-9,18H2,1-2H3,(H,19,20). The number of benzene rings is 1. The topological polar surface area (TPSA) is 55.1 Å². The predicted octanol–water partition coefficient (Wildman–Crippen LogP) is 2.49. The van der Waals surface area contributed by atoms with Crippen LogP contribution in [0.3, 0.4) is 0 Å². The maximum Gasteiger partial charge on any atom is 0.416 e. The Kier molecular flexibility index (Phi) is 5.16. The lowest BCUT2D eigenvalue weighted by Gasteiger charge is -2.28. The molecule has 0 aliphatic carbocycles. The summed E-state index contributed by atoms with van der Waals surface area (Å²) in [5.41, 5.74) is 4.92. The van der Waals surface area contributed by atoms with Crippen LogP contribution in [0.1, 0.15) is 31.4 Å². The molecule has 0 aliphatic heterocycles. The molecule has 0 bridgehead atoms. The zero-order valence-electron chi connectivity index (χ0n) is 11.6. The summed E-state index contributed by atoms with van der Waals surface area (Å²) in [6, 6.07) is 4.58. The summed E-state index contributed by atoms with van der Waals surface area (Å²) in [7, 11) is 0. The molecule has 20 heavy (non-hydrogen) atoms. The molecule has 0 aromatic heterocycles. The molecule has 0 saturated heterocycles. The van der Waals surface area contributed by atoms with Crippen molar-refractivity contribution in [2.45, 2.75) is 38.4 Å². The summed E-state index contributed by atoms with van der Waals surface area (Å²) in [4.78, 5) is 11.8. The molecule has 0 aliphatic rings. The van der Waals surface area contributed by atoms with Crippen molar-refractivity contribution in [3.05, 3.63) is 35.4 Å². The van der Waals surface area contributed by atoms with Crippen LogP contribution in [0.4, 0.5) is 13.2 Å². The first-order valence-corrected chi connectivity index (χ1v) is 6.37. The second-order valence-corrected chi connectivity index (χ2v) is 5.04. The normalized spacial score (nSPS) is 14.7. The number of amides is 1. The van der Waals surface area contributed by atoms with Gasteiger partial charge in [-0.1, -0.05) is 19.1 Å². The molecule has 3 N–H and O–H groups in total. The van der Waals surface area contributed by atoms with Gasteiger partial charge in [-0.2, -0.15) is 13.2 Å². The van der Waals surface area contributed by atoms with E-state index in [-0.39, 0.29) is 12.3 Å². The number of hydrogen-bond acceptors (Lipinski definition) is 2. The summed E-state index contributed by atoms with van der Waals surface area (Å²) >= 11 is 0. The van der Waals surface area contributed by atoms with Gasteiger partial charge in [0.05, 0.1) is 12.0 Å². The average Bonchev–Trinajstić information content (AvgIpc) is 2.38. The molecule has 1 atom stereocenters. The summed E-state index contributed by atoms with van der Waals surface area (Å²) in [5.74, 6) is -0.250. The number of carbonyl (C=O) groups excluding carboxylic acids is 1. The van der Waals surface area contributed by atoms with Crippen LogP contribution in [-0.4, -0.2) is 18.0 Å². The molecule has 1 aromatic carbocycles. The lowest BCUT2D eigenvalue weighted by molar-refractivity contribution is -0.137. The number of carbonyl (C=O) groups is 1. The molecule has 1 unspecified atom stereocenters. The van der Waals surface area contributed by atoms with E-state index >= 15 is 0 Å². The van der Waals surface area contributed by atoms with Gasteiger partial charge in [-0.05, 0) is 31.0 Å². The number of alkyl halides is 3. The fourth-order valence-electron chi connectivity index (χ4n) is 1.66. The molecule has 0 fully saturated rings. The van der Waals surface area contributed by atoms with Crippen molar-refractivity contribution in [2.24, 2.45) is 5.73 Å². The monoisotopic (exact) mass is 288 g/mol. The van der Waals surface area contributed by atoms with Crippen molar-refractivity contribution in [1.82, 2.24) is 5.32 Å². The van der Waals surface area contributed by atoms with Crippen LogP contribution >= 0.6 is 0 Å².